The van der Waals surface area contributed by atoms with E-state index in [4.69, 9.17) is 4.74 Å². The minimum absolute atomic E-state index is 0.265. The van der Waals surface area contributed by atoms with Crippen LogP contribution in [0.3, 0.4) is 0 Å². The Bertz CT molecular complexity index is 1100. The molecule has 3 aromatic rings. The van der Waals surface area contributed by atoms with Crippen molar-refractivity contribution in [2.24, 2.45) is 0 Å². The molecular weight excluding hydrogens is 398 g/mol. The summed E-state index contributed by atoms with van der Waals surface area (Å²) in [7, 11) is -3.59. The summed E-state index contributed by atoms with van der Waals surface area (Å²) in [4.78, 5) is 8.92. The molecular formula is C23H25N3O3S. The lowest BCUT2D eigenvalue weighted by Crippen LogP contribution is -2.44. The number of piperidine rings is 1. The zero-order valence-electron chi connectivity index (χ0n) is 17.2. The molecule has 4 rings (SSSR count). The lowest BCUT2D eigenvalue weighted by molar-refractivity contribution is 0.119. The van der Waals surface area contributed by atoms with E-state index < -0.39 is 10.0 Å². The van der Waals surface area contributed by atoms with Gasteiger partial charge in [0.25, 0.3) is 0 Å². The summed E-state index contributed by atoms with van der Waals surface area (Å²) in [6.07, 6.45) is 1.24. The van der Waals surface area contributed by atoms with Gasteiger partial charge in [0, 0.05) is 17.9 Å². The third-order valence-electron chi connectivity index (χ3n) is 5.17. The number of ether oxygens (including phenoxy) is 1. The highest BCUT2D eigenvalue weighted by atomic mass is 32.2. The van der Waals surface area contributed by atoms with Crippen LogP contribution in [0.25, 0.3) is 11.1 Å². The number of aryl methyl sites for hydroxylation is 2. The van der Waals surface area contributed by atoms with E-state index in [-0.39, 0.29) is 6.10 Å². The van der Waals surface area contributed by atoms with Gasteiger partial charge in [0.1, 0.15) is 6.10 Å². The maximum Gasteiger partial charge on any atom is 0.317 e. The molecule has 1 fully saturated rings. The second-order valence-corrected chi connectivity index (χ2v) is 9.51. The number of hydrogen-bond donors (Lipinski definition) is 0. The summed E-state index contributed by atoms with van der Waals surface area (Å²) >= 11 is 0. The summed E-state index contributed by atoms with van der Waals surface area (Å²) in [5.74, 6) is 0. The molecule has 1 saturated heterocycles. The fourth-order valence-electron chi connectivity index (χ4n) is 3.71. The van der Waals surface area contributed by atoms with Crippen molar-refractivity contribution >= 4 is 10.0 Å². The van der Waals surface area contributed by atoms with Crippen molar-refractivity contribution in [1.82, 2.24) is 14.3 Å². The molecule has 0 amide bonds. The normalized spacial score (nSPS) is 17.6. The zero-order valence-corrected chi connectivity index (χ0v) is 18.0. The van der Waals surface area contributed by atoms with Gasteiger partial charge >= 0.3 is 6.01 Å². The molecule has 0 spiro atoms. The summed E-state index contributed by atoms with van der Waals surface area (Å²) in [6.45, 7) is 4.55. The van der Waals surface area contributed by atoms with Crippen LogP contribution in [0.5, 0.6) is 6.01 Å². The standard InChI is InChI=1S/C23H25N3O3S/c1-17-15-18(2)25-23(24-17)29-21-9-6-14-26(16-21)30(27,28)22-12-10-20(11-13-22)19-7-4-3-5-8-19/h3-5,7-8,10-13,15,21H,6,9,14,16H2,1-2H3. The number of benzene rings is 2. The molecule has 1 aliphatic rings. The minimum atomic E-state index is -3.59. The number of aromatic nitrogens is 2. The van der Waals surface area contributed by atoms with Gasteiger partial charge in [-0.3, -0.25) is 0 Å². The summed E-state index contributed by atoms with van der Waals surface area (Å²) in [6, 6.07) is 19.1. The van der Waals surface area contributed by atoms with Gasteiger partial charge in [0.15, 0.2) is 0 Å². The highest BCUT2D eigenvalue weighted by Crippen LogP contribution is 2.25. The lowest BCUT2D eigenvalue weighted by Gasteiger charge is -2.31. The van der Waals surface area contributed by atoms with E-state index in [0.29, 0.717) is 24.0 Å². The molecule has 2 heterocycles. The van der Waals surface area contributed by atoms with Gasteiger partial charge in [-0.15, -0.1) is 0 Å². The van der Waals surface area contributed by atoms with E-state index in [2.05, 4.69) is 9.97 Å². The first-order valence-electron chi connectivity index (χ1n) is 10.1. The van der Waals surface area contributed by atoms with Crippen LogP contribution >= 0.6 is 0 Å². The van der Waals surface area contributed by atoms with E-state index >= 15 is 0 Å². The summed E-state index contributed by atoms with van der Waals surface area (Å²) in [5, 5.41) is 0. The Kier molecular flexibility index (Phi) is 5.83. The van der Waals surface area contributed by atoms with Crippen molar-refractivity contribution in [3.8, 4) is 17.1 Å². The van der Waals surface area contributed by atoms with E-state index in [9.17, 15) is 8.42 Å². The lowest BCUT2D eigenvalue weighted by atomic mass is 10.1. The molecule has 1 atom stereocenters. The maximum absolute atomic E-state index is 13.2. The van der Waals surface area contributed by atoms with Crippen LogP contribution in [0.1, 0.15) is 24.2 Å². The largest absolute Gasteiger partial charge is 0.459 e. The summed E-state index contributed by atoms with van der Waals surface area (Å²) in [5.41, 5.74) is 3.70. The molecule has 1 unspecified atom stereocenters. The topological polar surface area (TPSA) is 72.4 Å². The van der Waals surface area contributed by atoms with Crippen molar-refractivity contribution in [2.45, 2.75) is 37.7 Å². The Morgan fingerprint density at radius 1 is 0.933 bits per heavy atom. The van der Waals surface area contributed by atoms with Gasteiger partial charge < -0.3 is 4.74 Å². The predicted octanol–water partition coefficient (Wildman–Crippen LogP) is 3.99. The van der Waals surface area contributed by atoms with Crippen LogP contribution in [-0.2, 0) is 10.0 Å². The Labute approximate surface area is 177 Å². The molecule has 0 radical (unpaired) electrons. The second kappa shape index (κ2) is 8.53. The van der Waals surface area contributed by atoms with E-state index in [0.717, 1.165) is 35.4 Å². The van der Waals surface area contributed by atoms with Crippen LogP contribution < -0.4 is 4.74 Å². The predicted molar refractivity (Wildman–Crippen MR) is 116 cm³/mol. The SMILES string of the molecule is Cc1cc(C)nc(OC2CCCN(S(=O)(=O)c3ccc(-c4ccccc4)cc3)C2)n1. The third kappa shape index (κ3) is 4.52. The number of nitrogens with zero attached hydrogens (tertiary/aromatic N) is 3. The average Bonchev–Trinajstić information content (AvgIpc) is 2.74. The molecule has 30 heavy (non-hydrogen) atoms. The molecule has 7 heteroatoms. The Morgan fingerprint density at radius 2 is 1.57 bits per heavy atom. The van der Waals surface area contributed by atoms with Crippen molar-refractivity contribution in [1.29, 1.82) is 0 Å². The highest BCUT2D eigenvalue weighted by Gasteiger charge is 2.31. The second-order valence-electron chi connectivity index (χ2n) is 7.57. The quantitative estimate of drug-likeness (QED) is 0.620. The van der Waals surface area contributed by atoms with Gasteiger partial charge in [0.2, 0.25) is 10.0 Å². The van der Waals surface area contributed by atoms with Crippen molar-refractivity contribution < 1.29 is 13.2 Å². The Hall–Kier alpha value is -2.77. The molecule has 156 valence electrons. The number of rotatable bonds is 5. The molecule has 6 nitrogen and oxygen atoms in total. The molecule has 0 bridgehead atoms. The third-order valence-corrected chi connectivity index (χ3v) is 7.05. The molecule has 2 aromatic carbocycles. The fourth-order valence-corrected chi connectivity index (χ4v) is 5.22. The van der Waals surface area contributed by atoms with E-state index in [1.165, 1.54) is 4.31 Å². The first kappa shape index (κ1) is 20.5. The molecule has 1 aliphatic heterocycles. The van der Waals surface area contributed by atoms with Gasteiger partial charge in [-0.25, -0.2) is 18.4 Å². The first-order chi connectivity index (χ1) is 14.4. The Balaban J connectivity index is 1.49. The average molecular weight is 424 g/mol. The smallest absolute Gasteiger partial charge is 0.317 e. The highest BCUT2D eigenvalue weighted by molar-refractivity contribution is 7.89. The minimum Gasteiger partial charge on any atom is -0.459 e. The van der Waals surface area contributed by atoms with Crippen LogP contribution in [0.15, 0.2) is 65.6 Å². The molecule has 0 aliphatic carbocycles. The fraction of sp³-hybridized carbons (Fsp3) is 0.304. The maximum atomic E-state index is 13.2. The van der Waals surface area contributed by atoms with E-state index in [1.54, 1.807) is 12.1 Å². The number of sulfonamides is 1. The summed E-state index contributed by atoms with van der Waals surface area (Å²) < 4.78 is 33.8. The first-order valence-corrected chi connectivity index (χ1v) is 11.5. The van der Waals surface area contributed by atoms with Gasteiger partial charge in [-0.05, 0) is 56.0 Å². The zero-order chi connectivity index (χ0) is 21.1. The van der Waals surface area contributed by atoms with Crippen molar-refractivity contribution in [2.75, 3.05) is 13.1 Å². The van der Waals surface area contributed by atoms with Gasteiger partial charge in [-0.2, -0.15) is 4.31 Å². The molecule has 0 N–H and O–H groups in total. The number of hydrogen-bond acceptors (Lipinski definition) is 5. The van der Waals surface area contributed by atoms with Gasteiger partial charge in [0.05, 0.1) is 11.4 Å². The van der Waals surface area contributed by atoms with Crippen LogP contribution in [0, 0.1) is 13.8 Å². The van der Waals surface area contributed by atoms with Crippen LogP contribution in [0.4, 0.5) is 0 Å². The van der Waals surface area contributed by atoms with E-state index in [1.807, 2.05) is 62.4 Å². The van der Waals surface area contributed by atoms with Gasteiger partial charge in [-0.1, -0.05) is 42.5 Å². The van der Waals surface area contributed by atoms with Crippen molar-refractivity contribution in [3.05, 3.63) is 72.1 Å². The van der Waals surface area contributed by atoms with Crippen LogP contribution in [0.2, 0.25) is 0 Å². The monoisotopic (exact) mass is 423 g/mol. The van der Waals surface area contributed by atoms with Crippen molar-refractivity contribution in [3.63, 3.8) is 0 Å². The Morgan fingerprint density at radius 3 is 2.23 bits per heavy atom. The molecule has 0 saturated carbocycles. The van der Waals surface area contributed by atoms with Crippen LogP contribution in [-0.4, -0.2) is 41.9 Å². The molecule has 1 aromatic heterocycles.